The van der Waals surface area contributed by atoms with Gasteiger partial charge in [0.2, 0.25) is 0 Å². The van der Waals surface area contributed by atoms with Gasteiger partial charge in [-0.2, -0.15) is 0 Å². The van der Waals surface area contributed by atoms with Crippen molar-refractivity contribution in [2.45, 2.75) is 26.7 Å². The largest absolute Gasteiger partial charge is 0.423 e. The van der Waals surface area contributed by atoms with Gasteiger partial charge in [-0.25, -0.2) is 4.79 Å². The van der Waals surface area contributed by atoms with Crippen molar-refractivity contribution in [1.82, 2.24) is 0 Å². The second-order valence-corrected chi connectivity index (χ2v) is 9.09. The maximum atomic E-state index is 11.9. The number of carbonyl (C=O) groups excluding carboxylic acids is 1. The molecule has 0 aliphatic carbocycles. The lowest BCUT2D eigenvalue weighted by atomic mass is 10.0. The molecule has 0 heterocycles. The zero-order valence-corrected chi connectivity index (χ0v) is 21.6. The first-order valence-corrected chi connectivity index (χ1v) is 12.3. The molecule has 0 radical (unpaired) electrons. The molecule has 4 aromatic rings. The Kier molecular flexibility index (Phi) is 8.54. The molecule has 1 atom stereocenters. The molecular weight excluding hydrogens is 474 g/mol. The van der Waals surface area contributed by atoms with Crippen LogP contribution in [0.1, 0.15) is 19.4 Å². The second kappa shape index (κ2) is 12.2. The third-order valence-corrected chi connectivity index (χ3v) is 5.91. The number of anilines is 3. The van der Waals surface area contributed by atoms with E-state index >= 15 is 0 Å². The molecule has 5 nitrogen and oxygen atoms in total. The van der Waals surface area contributed by atoms with Crippen LogP contribution in [0.4, 0.5) is 17.1 Å². The predicted molar refractivity (Wildman–Crippen MR) is 153 cm³/mol. The Balaban J connectivity index is 1.64. The average Bonchev–Trinajstić information content (AvgIpc) is 2.94. The summed E-state index contributed by atoms with van der Waals surface area (Å²) in [5, 5.41) is 9.87. The molecule has 38 heavy (non-hydrogen) atoms. The molecule has 0 amide bonds. The van der Waals surface area contributed by atoms with Crippen LogP contribution in [0.15, 0.2) is 127 Å². The molecule has 0 saturated heterocycles. The van der Waals surface area contributed by atoms with E-state index in [-0.39, 0.29) is 6.61 Å². The molecule has 0 aliphatic rings. The van der Waals surface area contributed by atoms with Crippen LogP contribution in [0.25, 0.3) is 11.1 Å². The highest BCUT2D eigenvalue weighted by atomic mass is 16.6. The molecule has 0 fully saturated rings. The van der Waals surface area contributed by atoms with Crippen LogP contribution in [0.2, 0.25) is 0 Å². The van der Waals surface area contributed by atoms with Crippen LogP contribution in [0, 0.1) is 0 Å². The summed E-state index contributed by atoms with van der Waals surface area (Å²) in [5.74, 6) is -0.00891. The van der Waals surface area contributed by atoms with Gasteiger partial charge in [0.25, 0.3) is 0 Å². The van der Waals surface area contributed by atoms with E-state index in [1.54, 1.807) is 26.0 Å². The maximum absolute atomic E-state index is 11.9. The molecule has 0 aromatic heterocycles. The SMILES string of the molecule is C=C(C)C(=O)Oc1ccc(N(c2ccc(COC(O)C(=C)C)cc2)c2ccc(-c3ccccc3)cc2)cc1. The van der Waals surface area contributed by atoms with Gasteiger partial charge in [-0.15, -0.1) is 0 Å². The molecule has 192 valence electrons. The maximum Gasteiger partial charge on any atom is 0.338 e. The minimum absolute atomic E-state index is 0.267. The van der Waals surface area contributed by atoms with Gasteiger partial charge in [-0.05, 0) is 84.6 Å². The number of ether oxygens (including phenoxy) is 2. The van der Waals surface area contributed by atoms with Crippen molar-refractivity contribution >= 4 is 23.0 Å². The van der Waals surface area contributed by atoms with Crippen LogP contribution < -0.4 is 9.64 Å². The molecule has 1 N–H and O–H groups in total. The van der Waals surface area contributed by atoms with E-state index in [0.717, 1.165) is 33.8 Å². The number of hydrogen-bond donors (Lipinski definition) is 1. The number of aliphatic hydroxyl groups is 1. The van der Waals surface area contributed by atoms with Crippen molar-refractivity contribution in [3.63, 3.8) is 0 Å². The number of hydrogen-bond acceptors (Lipinski definition) is 5. The van der Waals surface area contributed by atoms with Gasteiger partial charge in [0.1, 0.15) is 5.75 Å². The number of esters is 1. The molecule has 0 saturated carbocycles. The fourth-order valence-electron chi connectivity index (χ4n) is 3.80. The van der Waals surface area contributed by atoms with Gasteiger partial charge < -0.3 is 19.5 Å². The first kappa shape index (κ1) is 26.6. The molecular formula is C33H31NO4. The van der Waals surface area contributed by atoms with E-state index in [0.29, 0.717) is 16.9 Å². The lowest BCUT2D eigenvalue weighted by Crippen LogP contribution is -2.13. The Morgan fingerprint density at radius 3 is 1.79 bits per heavy atom. The van der Waals surface area contributed by atoms with Gasteiger partial charge in [0.05, 0.1) is 6.61 Å². The Hall–Kier alpha value is -4.45. The fraction of sp³-hybridized carbons (Fsp3) is 0.121. The highest BCUT2D eigenvalue weighted by molar-refractivity contribution is 5.89. The predicted octanol–water partition coefficient (Wildman–Crippen LogP) is 7.72. The van der Waals surface area contributed by atoms with Gasteiger partial charge in [0, 0.05) is 22.6 Å². The molecule has 0 aliphatic heterocycles. The van der Waals surface area contributed by atoms with Gasteiger partial charge in [-0.1, -0.05) is 67.8 Å². The summed E-state index contributed by atoms with van der Waals surface area (Å²) in [7, 11) is 0. The highest BCUT2D eigenvalue weighted by Gasteiger charge is 2.14. The van der Waals surface area contributed by atoms with E-state index in [9.17, 15) is 9.90 Å². The van der Waals surface area contributed by atoms with Crippen molar-refractivity contribution in [1.29, 1.82) is 0 Å². The molecule has 0 spiro atoms. The van der Waals surface area contributed by atoms with Crippen molar-refractivity contribution in [2.24, 2.45) is 0 Å². The second-order valence-electron chi connectivity index (χ2n) is 9.09. The highest BCUT2D eigenvalue weighted by Crippen LogP contribution is 2.36. The minimum atomic E-state index is -0.994. The third-order valence-electron chi connectivity index (χ3n) is 5.91. The molecule has 1 unspecified atom stereocenters. The van der Waals surface area contributed by atoms with Gasteiger partial charge in [0.15, 0.2) is 6.29 Å². The Labute approximate surface area is 223 Å². The normalized spacial score (nSPS) is 11.4. The summed E-state index contributed by atoms with van der Waals surface area (Å²) in [6.45, 7) is 11.0. The zero-order valence-electron chi connectivity index (χ0n) is 21.6. The van der Waals surface area contributed by atoms with E-state index in [1.165, 1.54) is 0 Å². The number of aliphatic hydroxyl groups excluding tert-OH is 1. The van der Waals surface area contributed by atoms with Crippen LogP contribution in [0.3, 0.4) is 0 Å². The number of nitrogens with zero attached hydrogens (tertiary/aromatic N) is 1. The summed E-state index contributed by atoms with van der Waals surface area (Å²) in [5.41, 5.74) is 6.91. The van der Waals surface area contributed by atoms with E-state index in [2.05, 4.69) is 54.5 Å². The van der Waals surface area contributed by atoms with E-state index in [4.69, 9.17) is 9.47 Å². The minimum Gasteiger partial charge on any atom is -0.423 e. The van der Waals surface area contributed by atoms with Crippen molar-refractivity contribution in [2.75, 3.05) is 4.90 Å². The van der Waals surface area contributed by atoms with Crippen LogP contribution in [-0.4, -0.2) is 17.4 Å². The fourth-order valence-corrected chi connectivity index (χ4v) is 3.80. The van der Waals surface area contributed by atoms with Crippen LogP contribution in [-0.2, 0) is 16.1 Å². The molecule has 5 heteroatoms. The Morgan fingerprint density at radius 2 is 1.26 bits per heavy atom. The molecule has 4 rings (SSSR count). The summed E-state index contributed by atoms with van der Waals surface area (Å²) in [6.07, 6.45) is -0.994. The molecule has 4 aromatic carbocycles. The Morgan fingerprint density at radius 1 is 0.763 bits per heavy atom. The summed E-state index contributed by atoms with van der Waals surface area (Å²) in [4.78, 5) is 14.0. The summed E-state index contributed by atoms with van der Waals surface area (Å²) >= 11 is 0. The van der Waals surface area contributed by atoms with E-state index in [1.807, 2.05) is 54.6 Å². The summed E-state index contributed by atoms with van der Waals surface area (Å²) < 4.78 is 10.8. The van der Waals surface area contributed by atoms with Crippen molar-refractivity contribution < 1.29 is 19.4 Å². The van der Waals surface area contributed by atoms with Gasteiger partial charge in [-0.3, -0.25) is 0 Å². The van der Waals surface area contributed by atoms with Crippen LogP contribution >= 0.6 is 0 Å². The smallest absolute Gasteiger partial charge is 0.338 e. The first-order chi connectivity index (χ1) is 18.3. The number of benzene rings is 4. The zero-order chi connectivity index (χ0) is 27.1. The van der Waals surface area contributed by atoms with Crippen molar-refractivity contribution in [3.05, 3.63) is 133 Å². The first-order valence-electron chi connectivity index (χ1n) is 12.3. The van der Waals surface area contributed by atoms with E-state index < -0.39 is 12.3 Å². The topological polar surface area (TPSA) is 59.0 Å². The monoisotopic (exact) mass is 505 g/mol. The standard InChI is InChI=1S/C33H31NO4/c1-23(2)32(35)37-22-25-10-14-28(15-11-25)34(30-18-20-31(21-19-30)38-33(36)24(3)4)29-16-12-27(13-17-29)26-8-6-5-7-9-26/h5-21,32,35H,1,3,22H2,2,4H3. The third kappa shape index (κ3) is 6.65. The Bertz CT molecular complexity index is 1390. The quantitative estimate of drug-likeness (QED) is 0.0786. The summed E-state index contributed by atoms with van der Waals surface area (Å²) in [6, 6.07) is 33.9. The average molecular weight is 506 g/mol. The van der Waals surface area contributed by atoms with Gasteiger partial charge >= 0.3 is 5.97 Å². The molecule has 0 bridgehead atoms. The van der Waals surface area contributed by atoms with Crippen molar-refractivity contribution in [3.8, 4) is 16.9 Å². The number of carbonyl (C=O) groups is 1. The lowest BCUT2D eigenvalue weighted by Gasteiger charge is -2.26. The lowest BCUT2D eigenvalue weighted by molar-refractivity contribution is -0.130. The van der Waals surface area contributed by atoms with Crippen LogP contribution in [0.5, 0.6) is 5.75 Å². The number of rotatable bonds is 10.